The summed E-state index contributed by atoms with van der Waals surface area (Å²) in [4.78, 5) is 9.47. The van der Waals surface area contributed by atoms with Crippen LogP contribution in [0.4, 0.5) is 0 Å². The number of hydrogen-bond donors (Lipinski definition) is 0. The highest BCUT2D eigenvalue weighted by atomic mass is 32.1. The molecule has 0 bridgehead atoms. The lowest BCUT2D eigenvalue weighted by atomic mass is 9.92. The number of fused-ring (bicyclic) bond motifs is 9. The fraction of sp³-hybridized carbons (Fsp3) is 0. The van der Waals surface area contributed by atoms with E-state index >= 15 is 0 Å². The number of thiophene rings is 1. The van der Waals surface area contributed by atoms with E-state index in [1.165, 1.54) is 86.6 Å². The van der Waals surface area contributed by atoms with Gasteiger partial charge >= 0.3 is 0 Å². The van der Waals surface area contributed by atoms with Crippen LogP contribution in [0.5, 0.6) is 0 Å². The van der Waals surface area contributed by atoms with Crippen molar-refractivity contribution in [3.05, 3.63) is 194 Å². The monoisotopic (exact) mass is 716 g/mol. The summed E-state index contributed by atoms with van der Waals surface area (Å²) in [6, 6.07) is 66.3. The lowest BCUT2D eigenvalue weighted by molar-refractivity contribution is 1.31. The van der Waals surface area contributed by atoms with E-state index < -0.39 is 0 Å². The van der Waals surface area contributed by atoms with Crippen LogP contribution in [-0.2, 0) is 0 Å². The van der Waals surface area contributed by atoms with Gasteiger partial charge in [0.2, 0.25) is 0 Å². The molecule has 0 fully saturated rings. The number of nitrogens with zero attached hydrogens (tertiary/aromatic N) is 2. The topological polar surface area (TPSA) is 25.8 Å². The maximum absolute atomic E-state index is 4.76. The van der Waals surface area contributed by atoms with Crippen LogP contribution in [0.15, 0.2) is 194 Å². The lowest BCUT2D eigenvalue weighted by Gasteiger charge is -2.12. The average molecular weight is 717 g/mol. The third-order valence-corrected chi connectivity index (χ3v) is 12.2. The van der Waals surface area contributed by atoms with Crippen molar-refractivity contribution >= 4 is 64.1 Å². The van der Waals surface area contributed by atoms with Gasteiger partial charge in [-0.15, -0.1) is 11.3 Å². The molecule has 0 aliphatic heterocycles. The predicted octanol–water partition coefficient (Wildman–Crippen LogP) is 14.6. The van der Waals surface area contributed by atoms with Crippen LogP contribution in [0.3, 0.4) is 0 Å². The van der Waals surface area contributed by atoms with Crippen molar-refractivity contribution in [3.8, 4) is 55.6 Å². The Balaban J connectivity index is 1.11. The Labute approximate surface area is 322 Å². The van der Waals surface area contributed by atoms with E-state index in [0.29, 0.717) is 0 Å². The molecule has 2 aromatic heterocycles. The van der Waals surface area contributed by atoms with E-state index in [4.69, 9.17) is 9.97 Å². The van der Waals surface area contributed by atoms with E-state index in [9.17, 15) is 0 Å². The molecule has 0 atom stereocenters. The lowest BCUT2D eigenvalue weighted by Crippen LogP contribution is -1.89. The van der Waals surface area contributed by atoms with Crippen molar-refractivity contribution in [1.82, 2.24) is 9.97 Å². The molecule has 0 unspecified atom stereocenters. The van der Waals surface area contributed by atoms with Crippen LogP contribution in [0, 0.1) is 0 Å². The summed E-state index contributed by atoms with van der Waals surface area (Å²) in [5.41, 5.74) is 14.1. The molecule has 0 saturated carbocycles. The van der Waals surface area contributed by atoms with Crippen LogP contribution in [0.25, 0.3) is 108 Å². The molecule has 0 radical (unpaired) electrons. The van der Waals surface area contributed by atoms with Crippen LogP contribution >= 0.6 is 11.3 Å². The third-order valence-electron chi connectivity index (χ3n) is 10.9. The summed E-state index contributed by atoms with van der Waals surface area (Å²) >= 11 is 1.91. The summed E-state index contributed by atoms with van der Waals surface area (Å²) in [5.74, 6) is 0. The summed E-state index contributed by atoms with van der Waals surface area (Å²) in [5, 5.41) is 7.21. The molecule has 3 heteroatoms. The highest BCUT2D eigenvalue weighted by Gasteiger charge is 2.19. The van der Waals surface area contributed by atoms with E-state index in [1.54, 1.807) is 12.4 Å². The fourth-order valence-electron chi connectivity index (χ4n) is 8.27. The zero-order valence-corrected chi connectivity index (χ0v) is 30.6. The summed E-state index contributed by atoms with van der Waals surface area (Å²) in [7, 11) is 0. The number of benzene rings is 9. The second-order valence-corrected chi connectivity index (χ2v) is 15.2. The van der Waals surface area contributed by atoms with Gasteiger partial charge in [0.15, 0.2) is 0 Å². The molecule has 0 amide bonds. The molecule has 0 aliphatic rings. The quantitative estimate of drug-likeness (QED) is 0.166. The van der Waals surface area contributed by atoms with Gasteiger partial charge in [0, 0.05) is 54.5 Å². The second kappa shape index (κ2) is 12.9. The minimum atomic E-state index is 0.940. The molecular formula is C52H32N2S. The average Bonchev–Trinajstić information content (AvgIpc) is 3.65. The molecule has 0 aliphatic carbocycles. The molecule has 9 aromatic carbocycles. The fourth-order valence-corrected chi connectivity index (χ4v) is 9.61. The smallest absolute Gasteiger partial charge is 0.0971 e. The summed E-state index contributed by atoms with van der Waals surface area (Å²) in [6.07, 6.45) is 3.57. The Hall–Kier alpha value is -6.94. The molecule has 0 spiro atoms. The minimum absolute atomic E-state index is 0.940. The first-order valence-corrected chi connectivity index (χ1v) is 19.4. The first kappa shape index (κ1) is 31.6. The maximum Gasteiger partial charge on any atom is 0.0971 e. The minimum Gasteiger partial charge on any atom is -0.252 e. The van der Waals surface area contributed by atoms with Crippen LogP contribution in [0.1, 0.15) is 0 Å². The van der Waals surface area contributed by atoms with Crippen molar-refractivity contribution < 1.29 is 0 Å². The zero-order valence-electron chi connectivity index (χ0n) is 29.8. The highest BCUT2D eigenvalue weighted by Crippen LogP contribution is 2.47. The van der Waals surface area contributed by atoms with Gasteiger partial charge in [0.25, 0.3) is 0 Å². The van der Waals surface area contributed by atoms with E-state index in [0.717, 1.165) is 21.8 Å². The Kier molecular flexibility index (Phi) is 7.39. The van der Waals surface area contributed by atoms with Gasteiger partial charge < -0.3 is 0 Å². The van der Waals surface area contributed by atoms with Crippen LogP contribution in [0.2, 0.25) is 0 Å². The molecule has 11 aromatic rings. The predicted molar refractivity (Wildman–Crippen MR) is 235 cm³/mol. The van der Waals surface area contributed by atoms with Crippen molar-refractivity contribution in [2.24, 2.45) is 0 Å². The van der Waals surface area contributed by atoms with Gasteiger partial charge in [-0.1, -0.05) is 152 Å². The van der Waals surface area contributed by atoms with Gasteiger partial charge in [-0.25, -0.2) is 0 Å². The molecular weight excluding hydrogens is 685 g/mol. The van der Waals surface area contributed by atoms with Crippen molar-refractivity contribution in [3.63, 3.8) is 0 Å². The van der Waals surface area contributed by atoms with E-state index in [-0.39, 0.29) is 0 Å². The van der Waals surface area contributed by atoms with Gasteiger partial charge in [-0.05, 0) is 85.6 Å². The number of hydrogen-bond acceptors (Lipinski definition) is 3. The molecule has 55 heavy (non-hydrogen) atoms. The second-order valence-electron chi connectivity index (χ2n) is 14.1. The molecule has 2 nitrogen and oxygen atoms in total. The SMILES string of the molecule is c1ccc(-c2cc(-c3ccccc3)c3sc4c(-c5ccc(-c6ccc7c(c6)c6ccccc6c6nccnc76)cc5)cc(-c5ccccc5)cc4c3c2)cc1. The first-order valence-electron chi connectivity index (χ1n) is 18.6. The van der Waals surface area contributed by atoms with Gasteiger partial charge in [0.1, 0.15) is 0 Å². The molecule has 2 heterocycles. The highest BCUT2D eigenvalue weighted by molar-refractivity contribution is 7.27. The van der Waals surface area contributed by atoms with Gasteiger partial charge in [0.05, 0.1) is 11.0 Å². The van der Waals surface area contributed by atoms with Crippen molar-refractivity contribution in [2.75, 3.05) is 0 Å². The molecule has 256 valence electrons. The molecule has 11 rings (SSSR count). The Morgan fingerprint density at radius 3 is 1.24 bits per heavy atom. The largest absolute Gasteiger partial charge is 0.252 e. The van der Waals surface area contributed by atoms with E-state index in [1.807, 2.05) is 11.3 Å². The van der Waals surface area contributed by atoms with E-state index in [2.05, 4.69) is 182 Å². The van der Waals surface area contributed by atoms with Crippen LogP contribution in [-0.4, -0.2) is 9.97 Å². The van der Waals surface area contributed by atoms with Crippen LogP contribution < -0.4 is 0 Å². The van der Waals surface area contributed by atoms with Gasteiger partial charge in [-0.3, -0.25) is 9.97 Å². The maximum atomic E-state index is 4.76. The molecule has 0 N–H and O–H groups in total. The van der Waals surface area contributed by atoms with Gasteiger partial charge in [-0.2, -0.15) is 0 Å². The Morgan fingerprint density at radius 2 is 0.673 bits per heavy atom. The zero-order chi connectivity index (χ0) is 36.3. The Morgan fingerprint density at radius 1 is 0.273 bits per heavy atom. The third kappa shape index (κ3) is 5.32. The standard InChI is InChI=1S/C52H32N2S/c1-4-12-33(13-5-1)39-29-44(36-16-8-3-9-17-36)51-47(31-39)48-32-40(34-14-6-2-7-15-34)30-45(52(48)55-51)37-22-20-35(21-23-37)38-24-25-43-46(28-38)41-18-10-11-19-42(41)49-50(43)54-27-26-53-49/h1-32H. The first-order chi connectivity index (χ1) is 27.3. The normalized spacial score (nSPS) is 11.6. The molecule has 0 saturated heterocycles. The summed E-state index contributed by atoms with van der Waals surface area (Å²) < 4.78 is 2.61. The number of aromatic nitrogens is 2. The number of rotatable bonds is 5. The van der Waals surface area contributed by atoms with Crippen molar-refractivity contribution in [2.45, 2.75) is 0 Å². The Bertz CT molecular complexity index is 3190. The summed E-state index contributed by atoms with van der Waals surface area (Å²) in [6.45, 7) is 0. The van der Waals surface area contributed by atoms with Crippen molar-refractivity contribution in [1.29, 1.82) is 0 Å².